The van der Waals surface area contributed by atoms with E-state index < -0.39 is 0 Å². The van der Waals surface area contributed by atoms with Crippen LogP contribution in [0.25, 0.3) is 0 Å². The summed E-state index contributed by atoms with van der Waals surface area (Å²) < 4.78 is 19.5. The standard InChI is InChI=1S/C19H31FN2O/c1-4-23-19-6-5-16(20)11-17(19)18(12-21)15-7-9-22(10-8-15)13-14(2)3/h5-6,11,14-15,18H,4,7-10,12-13,21H2,1-3H3. The third-order valence-electron chi connectivity index (χ3n) is 4.75. The quantitative estimate of drug-likeness (QED) is 0.833. The zero-order chi connectivity index (χ0) is 16.8. The second-order valence-corrected chi connectivity index (χ2v) is 6.99. The number of benzene rings is 1. The third-order valence-corrected chi connectivity index (χ3v) is 4.75. The summed E-state index contributed by atoms with van der Waals surface area (Å²) in [6.45, 7) is 11.0. The van der Waals surface area contributed by atoms with Gasteiger partial charge in [-0.05, 0) is 69.4 Å². The molecule has 1 aromatic carbocycles. The Morgan fingerprint density at radius 3 is 2.57 bits per heavy atom. The molecule has 130 valence electrons. The molecular formula is C19H31FN2O. The number of piperidine rings is 1. The Morgan fingerprint density at radius 2 is 2.00 bits per heavy atom. The molecule has 23 heavy (non-hydrogen) atoms. The largest absolute Gasteiger partial charge is 0.494 e. The summed E-state index contributed by atoms with van der Waals surface area (Å²) in [5, 5.41) is 0. The highest BCUT2D eigenvalue weighted by Crippen LogP contribution is 2.37. The highest BCUT2D eigenvalue weighted by Gasteiger charge is 2.29. The fourth-order valence-electron chi connectivity index (χ4n) is 3.72. The van der Waals surface area contributed by atoms with E-state index in [1.54, 1.807) is 12.1 Å². The molecular weight excluding hydrogens is 291 g/mol. The molecule has 1 heterocycles. The molecule has 1 aromatic rings. The molecule has 1 unspecified atom stereocenters. The van der Waals surface area contributed by atoms with E-state index in [9.17, 15) is 4.39 Å². The highest BCUT2D eigenvalue weighted by atomic mass is 19.1. The first-order chi connectivity index (χ1) is 11.0. The molecule has 0 spiro atoms. The monoisotopic (exact) mass is 322 g/mol. The number of likely N-dealkylation sites (tertiary alicyclic amines) is 1. The van der Waals surface area contributed by atoms with Gasteiger partial charge in [-0.15, -0.1) is 0 Å². The first-order valence-electron chi connectivity index (χ1n) is 8.89. The lowest BCUT2D eigenvalue weighted by Crippen LogP contribution is -2.39. The number of rotatable bonds is 7. The van der Waals surface area contributed by atoms with Crippen molar-refractivity contribution in [2.45, 2.75) is 39.5 Å². The van der Waals surface area contributed by atoms with E-state index >= 15 is 0 Å². The maximum Gasteiger partial charge on any atom is 0.123 e. The number of nitrogens with zero attached hydrogens (tertiary/aromatic N) is 1. The van der Waals surface area contributed by atoms with Crippen molar-refractivity contribution in [2.24, 2.45) is 17.6 Å². The lowest BCUT2D eigenvalue weighted by Gasteiger charge is -2.37. The molecule has 1 saturated heterocycles. The molecule has 0 aliphatic carbocycles. The molecule has 2 rings (SSSR count). The number of nitrogens with two attached hydrogens (primary N) is 1. The van der Waals surface area contributed by atoms with Gasteiger partial charge in [-0.2, -0.15) is 0 Å². The third kappa shape index (κ3) is 4.92. The smallest absolute Gasteiger partial charge is 0.123 e. The second kappa shape index (κ2) is 8.65. The van der Waals surface area contributed by atoms with Crippen molar-refractivity contribution < 1.29 is 9.13 Å². The summed E-state index contributed by atoms with van der Waals surface area (Å²) in [7, 11) is 0. The van der Waals surface area contributed by atoms with Gasteiger partial charge in [-0.3, -0.25) is 0 Å². The molecule has 4 heteroatoms. The number of halogens is 1. The van der Waals surface area contributed by atoms with Crippen molar-refractivity contribution in [3.05, 3.63) is 29.6 Å². The van der Waals surface area contributed by atoms with E-state index in [0.717, 1.165) is 43.8 Å². The van der Waals surface area contributed by atoms with Crippen LogP contribution >= 0.6 is 0 Å². The number of hydrogen-bond donors (Lipinski definition) is 1. The van der Waals surface area contributed by atoms with Gasteiger partial charge in [0.05, 0.1) is 6.61 Å². The van der Waals surface area contributed by atoms with Gasteiger partial charge in [0.2, 0.25) is 0 Å². The van der Waals surface area contributed by atoms with Gasteiger partial charge in [0.25, 0.3) is 0 Å². The van der Waals surface area contributed by atoms with Crippen LogP contribution in [0.3, 0.4) is 0 Å². The predicted molar refractivity (Wildman–Crippen MR) is 93.4 cm³/mol. The van der Waals surface area contributed by atoms with Crippen LogP contribution in [0.1, 0.15) is 45.1 Å². The van der Waals surface area contributed by atoms with E-state index in [2.05, 4.69) is 18.7 Å². The molecule has 0 amide bonds. The van der Waals surface area contributed by atoms with Crippen LogP contribution in [0, 0.1) is 17.7 Å². The van der Waals surface area contributed by atoms with Gasteiger partial charge in [-0.25, -0.2) is 4.39 Å². The minimum atomic E-state index is -0.209. The van der Waals surface area contributed by atoms with Gasteiger partial charge in [-0.1, -0.05) is 13.8 Å². The Balaban J connectivity index is 2.10. The van der Waals surface area contributed by atoms with Crippen molar-refractivity contribution in [1.29, 1.82) is 0 Å². The Labute approximate surface area is 140 Å². The van der Waals surface area contributed by atoms with Crippen LogP contribution in [0.4, 0.5) is 4.39 Å². The minimum absolute atomic E-state index is 0.174. The van der Waals surface area contributed by atoms with Gasteiger partial charge < -0.3 is 15.4 Å². The zero-order valence-electron chi connectivity index (χ0n) is 14.7. The first kappa shape index (κ1) is 18.2. The zero-order valence-corrected chi connectivity index (χ0v) is 14.7. The van der Waals surface area contributed by atoms with Crippen molar-refractivity contribution in [3.63, 3.8) is 0 Å². The van der Waals surface area contributed by atoms with Crippen molar-refractivity contribution in [1.82, 2.24) is 4.90 Å². The molecule has 3 nitrogen and oxygen atoms in total. The summed E-state index contributed by atoms with van der Waals surface area (Å²) in [6, 6.07) is 4.82. The second-order valence-electron chi connectivity index (χ2n) is 6.99. The molecule has 1 aliphatic rings. The molecule has 0 saturated carbocycles. The average Bonchev–Trinajstić information content (AvgIpc) is 2.52. The fourth-order valence-corrected chi connectivity index (χ4v) is 3.72. The SMILES string of the molecule is CCOc1ccc(F)cc1C(CN)C1CCN(CC(C)C)CC1. The van der Waals surface area contributed by atoms with E-state index in [4.69, 9.17) is 10.5 Å². The summed E-state index contributed by atoms with van der Waals surface area (Å²) in [5.74, 6) is 1.95. The fraction of sp³-hybridized carbons (Fsp3) is 0.684. The number of ether oxygens (including phenoxy) is 1. The molecule has 2 N–H and O–H groups in total. The maximum absolute atomic E-state index is 13.8. The van der Waals surface area contributed by atoms with E-state index in [-0.39, 0.29) is 11.7 Å². The lowest BCUT2D eigenvalue weighted by molar-refractivity contribution is 0.154. The van der Waals surface area contributed by atoms with E-state index in [1.165, 1.54) is 6.07 Å². The molecule has 0 aromatic heterocycles. The van der Waals surface area contributed by atoms with Gasteiger partial charge in [0, 0.05) is 18.0 Å². The number of hydrogen-bond acceptors (Lipinski definition) is 3. The van der Waals surface area contributed by atoms with Gasteiger partial charge in [0.15, 0.2) is 0 Å². The molecule has 1 aliphatic heterocycles. The highest BCUT2D eigenvalue weighted by molar-refractivity contribution is 5.37. The van der Waals surface area contributed by atoms with E-state index in [1.807, 2.05) is 6.92 Å². The topological polar surface area (TPSA) is 38.5 Å². The predicted octanol–water partition coefficient (Wildman–Crippen LogP) is 3.63. The molecule has 0 bridgehead atoms. The van der Waals surface area contributed by atoms with Gasteiger partial charge >= 0.3 is 0 Å². The lowest BCUT2D eigenvalue weighted by atomic mass is 9.79. The van der Waals surface area contributed by atoms with Crippen LogP contribution in [-0.2, 0) is 0 Å². The average molecular weight is 322 g/mol. The van der Waals surface area contributed by atoms with Crippen LogP contribution in [0.5, 0.6) is 5.75 Å². The summed E-state index contributed by atoms with van der Waals surface area (Å²) >= 11 is 0. The molecule has 1 atom stereocenters. The summed E-state index contributed by atoms with van der Waals surface area (Å²) in [4.78, 5) is 2.53. The normalized spacial score (nSPS) is 18.3. The van der Waals surface area contributed by atoms with Crippen LogP contribution < -0.4 is 10.5 Å². The molecule has 0 radical (unpaired) electrons. The van der Waals surface area contributed by atoms with Crippen molar-refractivity contribution in [2.75, 3.05) is 32.8 Å². The Morgan fingerprint density at radius 1 is 1.30 bits per heavy atom. The maximum atomic E-state index is 13.8. The summed E-state index contributed by atoms with van der Waals surface area (Å²) in [6.07, 6.45) is 2.24. The van der Waals surface area contributed by atoms with Gasteiger partial charge in [0.1, 0.15) is 11.6 Å². The Bertz CT molecular complexity index is 484. The van der Waals surface area contributed by atoms with Crippen LogP contribution in [-0.4, -0.2) is 37.7 Å². The van der Waals surface area contributed by atoms with Crippen molar-refractivity contribution in [3.8, 4) is 5.75 Å². The first-order valence-corrected chi connectivity index (χ1v) is 8.89. The Hall–Kier alpha value is -1.13. The molecule has 1 fully saturated rings. The van der Waals surface area contributed by atoms with Crippen molar-refractivity contribution >= 4 is 0 Å². The van der Waals surface area contributed by atoms with Crippen LogP contribution in [0.2, 0.25) is 0 Å². The Kier molecular flexibility index (Phi) is 6.85. The minimum Gasteiger partial charge on any atom is -0.494 e. The van der Waals surface area contributed by atoms with Crippen LogP contribution in [0.15, 0.2) is 18.2 Å². The van der Waals surface area contributed by atoms with E-state index in [0.29, 0.717) is 25.0 Å². The summed E-state index contributed by atoms with van der Waals surface area (Å²) in [5.41, 5.74) is 7.02.